The number of aliphatic hydroxyl groups excluding tert-OH is 3. The second-order valence-corrected chi connectivity index (χ2v) is 18.2. The van der Waals surface area contributed by atoms with Crippen LogP contribution in [-0.4, -0.2) is 174 Å². The Morgan fingerprint density at radius 2 is 1.62 bits per heavy atom. The summed E-state index contributed by atoms with van der Waals surface area (Å²) in [5.74, 6) is -1.59. The summed E-state index contributed by atoms with van der Waals surface area (Å²) >= 11 is 0. The summed E-state index contributed by atoms with van der Waals surface area (Å²) in [6, 6.07) is -0.404. The maximum atomic E-state index is 14.4. The van der Waals surface area contributed by atoms with Crippen molar-refractivity contribution in [1.29, 1.82) is 0 Å². The molecule has 3 aliphatic heterocycles. The molecule has 17 nitrogen and oxygen atoms in total. The van der Waals surface area contributed by atoms with Crippen molar-refractivity contribution in [1.82, 2.24) is 4.90 Å². The second kappa shape index (κ2) is 23.3. The monoisotopic (exact) mass is 875 g/mol. The lowest BCUT2D eigenvalue weighted by Crippen LogP contribution is -2.61. The number of carbonyl (C=O) groups is 1. The van der Waals surface area contributed by atoms with Crippen molar-refractivity contribution in [3.63, 3.8) is 0 Å². The van der Waals surface area contributed by atoms with Gasteiger partial charge in [-0.3, -0.25) is 9.69 Å². The topological polar surface area (TPSA) is 217 Å². The third kappa shape index (κ3) is 13.3. The number of oxime groups is 1. The van der Waals surface area contributed by atoms with Crippen molar-refractivity contribution in [3.05, 3.63) is 0 Å². The zero-order chi connectivity index (χ0) is 46.0. The van der Waals surface area contributed by atoms with E-state index in [9.17, 15) is 30.3 Å². The van der Waals surface area contributed by atoms with Gasteiger partial charge in [-0.15, -0.1) is 12.3 Å². The Morgan fingerprint density at radius 1 is 0.951 bits per heavy atom. The molecule has 0 bridgehead atoms. The van der Waals surface area contributed by atoms with Crippen LogP contribution < -0.4 is 0 Å². The van der Waals surface area contributed by atoms with E-state index in [1.54, 1.807) is 62.5 Å². The number of likely N-dealkylation sites (N-methyl/N-ethyl adjacent to an activating group) is 1. The Balaban J connectivity index is 2.23. The molecule has 0 saturated carbocycles. The molecule has 3 fully saturated rings. The number of hydrogen-bond donors (Lipinski definition) is 5. The molecule has 0 aromatic heterocycles. The van der Waals surface area contributed by atoms with Crippen LogP contribution in [0.2, 0.25) is 0 Å². The van der Waals surface area contributed by atoms with Crippen molar-refractivity contribution in [2.24, 2.45) is 28.8 Å². The van der Waals surface area contributed by atoms with Gasteiger partial charge < -0.3 is 68.3 Å². The predicted octanol–water partition coefficient (Wildman–Crippen LogP) is 2.60. The van der Waals surface area contributed by atoms with E-state index in [1.807, 2.05) is 18.9 Å². The smallest absolute Gasteiger partial charge is 0.311 e. The SMILES string of the molecule is C#CCCN(C)C1CC(C)OC(O[C@@H]2[C@@H](C)[C@H](O[C@H]3C[C@@](C)(OC)[C@@H](O)C(C)O3)C(C)C(=O)O[C@H](CC)[C@@](C)(O)C(O)C(C)/C(=N/OCOCCOC)[C@H](C)C[C@@]2(C)O)[C@@H]1O. The van der Waals surface area contributed by atoms with Crippen molar-refractivity contribution >= 4 is 11.7 Å². The first kappa shape index (κ1) is 53.3. The number of nitrogens with zero attached hydrogens (tertiary/aromatic N) is 2. The molecule has 0 aromatic rings. The highest BCUT2D eigenvalue weighted by molar-refractivity contribution is 5.88. The quantitative estimate of drug-likeness (QED) is 0.0526. The van der Waals surface area contributed by atoms with Crippen LogP contribution in [0.1, 0.15) is 101 Å². The fourth-order valence-corrected chi connectivity index (χ4v) is 9.26. The van der Waals surface area contributed by atoms with Crippen LogP contribution in [0.25, 0.3) is 0 Å². The van der Waals surface area contributed by atoms with Gasteiger partial charge in [0.15, 0.2) is 12.6 Å². The Hall–Kier alpha value is -2.02. The minimum absolute atomic E-state index is 0.0501. The molecular formula is C44H78N2O15. The van der Waals surface area contributed by atoms with E-state index in [4.69, 9.17) is 49.2 Å². The van der Waals surface area contributed by atoms with Gasteiger partial charge in [0.1, 0.15) is 23.9 Å². The minimum Gasteiger partial charge on any atom is -0.459 e. The number of esters is 1. The zero-order valence-corrected chi connectivity index (χ0v) is 38.8. The third-order valence-corrected chi connectivity index (χ3v) is 13.1. The van der Waals surface area contributed by atoms with E-state index in [0.29, 0.717) is 26.0 Å². The van der Waals surface area contributed by atoms with E-state index in [0.717, 1.165) is 0 Å². The van der Waals surface area contributed by atoms with Crippen molar-refractivity contribution in [3.8, 4) is 12.3 Å². The number of aliphatic hydroxyl groups is 5. The van der Waals surface area contributed by atoms with Gasteiger partial charge in [0.05, 0.1) is 66.6 Å². The lowest BCUT2D eigenvalue weighted by atomic mass is 9.73. The highest BCUT2D eigenvalue weighted by Gasteiger charge is 2.53. The highest BCUT2D eigenvalue weighted by atomic mass is 16.7. The van der Waals surface area contributed by atoms with Crippen LogP contribution in [0, 0.1) is 36.0 Å². The fraction of sp³-hybridized carbons (Fsp3) is 0.909. The van der Waals surface area contributed by atoms with Crippen molar-refractivity contribution < 1.29 is 73.1 Å². The molecule has 3 heterocycles. The van der Waals surface area contributed by atoms with Gasteiger partial charge in [0.25, 0.3) is 0 Å². The van der Waals surface area contributed by atoms with Gasteiger partial charge in [-0.1, -0.05) is 32.9 Å². The van der Waals surface area contributed by atoms with E-state index < -0.39 is 108 Å². The number of terminal acetylenes is 1. The first-order valence-electron chi connectivity index (χ1n) is 21.8. The summed E-state index contributed by atoms with van der Waals surface area (Å²) < 4.78 is 48.4. The van der Waals surface area contributed by atoms with Crippen LogP contribution in [0.15, 0.2) is 5.16 Å². The van der Waals surface area contributed by atoms with E-state index in [1.165, 1.54) is 14.0 Å². The lowest BCUT2D eigenvalue weighted by molar-refractivity contribution is -0.318. The summed E-state index contributed by atoms with van der Waals surface area (Å²) in [6.07, 6.45) is -3.84. The molecule has 354 valence electrons. The Kier molecular flexibility index (Phi) is 20.3. The molecule has 3 saturated heterocycles. The number of ether oxygens (including phenoxy) is 8. The van der Waals surface area contributed by atoms with Crippen molar-refractivity contribution in [2.75, 3.05) is 47.8 Å². The zero-order valence-electron chi connectivity index (χ0n) is 38.8. The van der Waals surface area contributed by atoms with Gasteiger partial charge in [0, 0.05) is 57.4 Å². The number of rotatable bonds is 15. The third-order valence-electron chi connectivity index (χ3n) is 13.1. The Morgan fingerprint density at radius 3 is 2.23 bits per heavy atom. The highest BCUT2D eigenvalue weighted by Crippen LogP contribution is 2.41. The van der Waals surface area contributed by atoms with Gasteiger partial charge in [-0.05, 0) is 67.9 Å². The second-order valence-electron chi connectivity index (χ2n) is 18.2. The molecule has 7 unspecified atom stereocenters. The summed E-state index contributed by atoms with van der Waals surface area (Å²) in [5, 5.41) is 64.0. The van der Waals surface area contributed by atoms with E-state index in [2.05, 4.69) is 11.1 Å². The number of cyclic esters (lactones) is 1. The molecule has 0 radical (unpaired) electrons. The van der Waals surface area contributed by atoms with Gasteiger partial charge >= 0.3 is 5.97 Å². The Labute approximate surface area is 363 Å². The summed E-state index contributed by atoms with van der Waals surface area (Å²) in [6.45, 7) is 17.7. The molecule has 5 N–H and O–H groups in total. The fourth-order valence-electron chi connectivity index (χ4n) is 9.26. The molecule has 0 aromatic carbocycles. The normalized spacial score (nSPS) is 44.0. The predicted molar refractivity (Wildman–Crippen MR) is 225 cm³/mol. The summed E-state index contributed by atoms with van der Waals surface area (Å²) in [5.41, 5.74) is -4.56. The molecule has 61 heavy (non-hydrogen) atoms. The van der Waals surface area contributed by atoms with Crippen LogP contribution in [0.3, 0.4) is 0 Å². The molecule has 0 spiro atoms. The average molecular weight is 875 g/mol. The largest absolute Gasteiger partial charge is 0.459 e. The molecule has 3 aliphatic rings. The molecular weight excluding hydrogens is 796 g/mol. The Bertz CT molecular complexity index is 1430. The van der Waals surface area contributed by atoms with Crippen LogP contribution in [0.4, 0.5) is 0 Å². The first-order chi connectivity index (χ1) is 28.5. The molecule has 3 rings (SSSR count). The number of methoxy groups -OCH3 is 2. The molecule has 17 heteroatoms. The summed E-state index contributed by atoms with van der Waals surface area (Å²) in [4.78, 5) is 22.0. The van der Waals surface area contributed by atoms with Crippen molar-refractivity contribution in [2.45, 2.75) is 186 Å². The number of carbonyl (C=O) groups excluding carboxylic acids is 1. The molecule has 18 atom stereocenters. The van der Waals surface area contributed by atoms with E-state index >= 15 is 0 Å². The van der Waals surface area contributed by atoms with Gasteiger partial charge in [-0.2, -0.15) is 0 Å². The van der Waals surface area contributed by atoms with Crippen LogP contribution in [0.5, 0.6) is 0 Å². The van der Waals surface area contributed by atoms with E-state index in [-0.39, 0.29) is 44.5 Å². The maximum absolute atomic E-state index is 14.4. The van der Waals surface area contributed by atoms with Crippen LogP contribution in [-0.2, 0) is 47.5 Å². The molecule has 0 amide bonds. The lowest BCUT2D eigenvalue weighted by Gasteiger charge is -2.49. The first-order valence-corrected chi connectivity index (χ1v) is 21.8. The summed E-state index contributed by atoms with van der Waals surface area (Å²) in [7, 11) is 4.90. The minimum atomic E-state index is -1.98. The number of hydrogen-bond acceptors (Lipinski definition) is 17. The standard InChI is InChI=1S/C44H78N2O15/c1-15-17-18-46(12)31-21-26(4)57-41(35(31)47)61-39-28(6)36(60-33-23-43(10,54-14)38(49)30(8)58-33)29(7)40(50)59-32(16-2)44(11,52)37(48)27(5)34(25(3)22-42(39,9)51)45-56-24-55-20-19-53-13/h1,25-33,35-39,41,47-49,51-52H,16-24H2,2-14H3/b45-34+/t25-,26?,27?,28+,29?,30?,31?,32-,33+,35-,36+,37?,38+,39-,41?,42-,43-,44-/m1/s1. The van der Waals surface area contributed by atoms with Gasteiger partial charge in [0.2, 0.25) is 6.79 Å². The molecule has 0 aliphatic carbocycles. The average Bonchev–Trinajstić information content (AvgIpc) is 3.20. The van der Waals surface area contributed by atoms with Crippen LogP contribution >= 0.6 is 0 Å². The maximum Gasteiger partial charge on any atom is 0.311 e. The van der Waals surface area contributed by atoms with Gasteiger partial charge in [-0.25, -0.2) is 0 Å².